The molecule has 1 fully saturated rings. The smallest absolute Gasteiger partial charge is 0.292 e. The lowest BCUT2D eigenvalue weighted by molar-refractivity contribution is 0.0569. The molecule has 1 heterocycles. The number of carbonyl (C=O) groups is 1. The standard InChI is InChI=1S/C17H15N5O2/c1-22(14-6-13(7-14)20-10-19)17(23)16-8-15(21-24-16)12-4-2-3-11(5-12)9-18/h2-5,8,13-14,20H,6-7H2,1H3/t13-,14-. The Kier molecular flexibility index (Phi) is 4.17. The first kappa shape index (κ1) is 15.6. The van der Waals surface area contributed by atoms with E-state index in [2.05, 4.69) is 16.5 Å². The predicted molar refractivity (Wildman–Crippen MR) is 84.3 cm³/mol. The van der Waals surface area contributed by atoms with Gasteiger partial charge in [-0.1, -0.05) is 17.3 Å². The number of hydrogen-bond acceptors (Lipinski definition) is 6. The van der Waals surface area contributed by atoms with E-state index in [0.29, 0.717) is 11.3 Å². The van der Waals surface area contributed by atoms with E-state index in [9.17, 15) is 4.79 Å². The van der Waals surface area contributed by atoms with Crippen LogP contribution in [0, 0.1) is 22.8 Å². The third-order valence-electron chi connectivity index (χ3n) is 4.26. The molecule has 1 aromatic carbocycles. The van der Waals surface area contributed by atoms with Gasteiger partial charge in [-0.2, -0.15) is 10.5 Å². The van der Waals surface area contributed by atoms with Crippen LogP contribution in [0.2, 0.25) is 0 Å². The van der Waals surface area contributed by atoms with E-state index >= 15 is 0 Å². The number of aromatic nitrogens is 1. The van der Waals surface area contributed by atoms with Crippen molar-refractivity contribution in [1.82, 2.24) is 15.4 Å². The maximum Gasteiger partial charge on any atom is 0.292 e. The minimum atomic E-state index is -0.245. The normalized spacial score (nSPS) is 18.8. The first-order valence-electron chi connectivity index (χ1n) is 7.51. The van der Waals surface area contributed by atoms with Crippen molar-refractivity contribution in [3.05, 3.63) is 41.7 Å². The number of carbonyl (C=O) groups excluding carboxylic acids is 1. The summed E-state index contributed by atoms with van der Waals surface area (Å²) in [6, 6.07) is 10.8. The SMILES string of the molecule is CN(C(=O)c1cc(-c2cccc(C#N)c2)no1)[C@H]1C[C@H](NC#N)C1. The summed E-state index contributed by atoms with van der Waals surface area (Å²) in [5, 5.41) is 24.1. The van der Waals surface area contributed by atoms with Crippen molar-refractivity contribution in [2.45, 2.75) is 24.9 Å². The van der Waals surface area contributed by atoms with Crippen LogP contribution < -0.4 is 5.32 Å². The Morgan fingerprint density at radius 2 is 2.17 bits per heavy atom. The zero-order valence-corrected chi connectivity index (χ0v) is 13.1. The molecule has 120 valence electrons. The van der Waals surface area contributed by atoms with Gasteiger partial charge in [0.1, 0.15) is 5.69 Å². The van der Waals surface area contributed by atoms with Crippen LogP contribution >= 0.6 is 0 Å². The highest BCUT2D eigenvalue weighted by Gasteiger charge is 2.35. The van der Waals surface area contributed by atoms with Crippen molar-refractivity contribution in [2.75, 3.05) is 7.05 Å². The topological polar surface area (TPSA) is 106 Å². The lowest BCUT2D eigenvalue weighted by Gasteiger charge is -2.39. The van der Waals surface area contributed by atoms with Crippen LogP contribution in [0.4, 0.5) is 0 Å². The molecule has 1 saturated carbocycles. The number of nitrogens with zero attached hydrogens (tertiary/aromatic N) is 4. The molecule has 0 bridgehead atoms. The fourth-order valence-electron chi connectivity index (χ4n) is 2.71. The van der Waals surface area contributed by atoms with Crippen LogP contribution in [0.25, 0.3) is 11.3 Å². The summed E-state index contributed by atoms with van der Waals surface area (Å²) in [5.74, 6) is -0.0860. The Morgan fingerprint density at radius 1 is 1.38 bits per heavy atom. The molecule has 1 aliphatic rings. The quantitative estimate of drug-likeness (QED) is 0.681. The van der Waals surface area contributed by atoms with E-state index < -0.39 is 0 Å². The second-order valence-corrected chi connectivity index (χ2v) is 5.76. The largest absolute Gasteiger partial charge is 0.350 e. The summed E-state index contributed by atoms with van der Waals surface area (Å²) >= 11 is 0. The van der Waals surface area contributed by atoms with Gasteiger partial charge in [-0.3, -0.25) is 4.79 Å². The Morgan fingerprint density at radius 3 is 2.88 bits per heavy atom. The first-order valence-corrected chi connectivity index (χ1v) is 7.51. The maximum atomic E-state index is 12.5. The fourth-order valence-corrected chi connectivity index (χ4v) is 2.71. The maximum absolute atomic E-state index is 12.5. The monoisotopic (exact) mass is 321 g/mol. The van der Waals surface area contributed by atoms with Crippen molar-refractivity contribution in [3.63, 3.8) is 0 Å². The van der Waals surface area contributed by atoms with Gasteiger partial charge in [-0.15, -0.1) is 0 Å². The highest BCUT2D eigenvalue weighted by molar-refractivity contribution is 5.92. The van der Waals surface area contributed by atoms with Crippen LogP contribution in [0.5, 0.6) is 0 Å². The number of hydrogen-bond donors (Lipinski definition) is 1. The van der Waals surface area contributed by atoms with Gasteiger partial charge in [0, 0.05) is 30.8 Å². The zero-order chi connectivity index (χ0) is 17.1. The van der Waals surface area contributed by atoms with Crippen molar-refractivity contribution < 1.29 is 9.32 Å². The molecule has 1 aromatic heterocycles. The van der Waals surface area contributed by atoms with E-state index in [-0.39, 0.29) is 23.8 Å². The van der Waals surface area contributed by atoms with E-state index in [0.717, 1.165) is 18.4 Å². The third-order valence-corrected chi connectivity index (χ3v) is 4.26. The molecule has 1 N–H and O–H groups in total. The van der Waals surface area contributed by atoms with Crippen molar-refractivity contribution in [2.24, 2.45) is 0 Å². The molecule has 0 spiro atoms. The summed E-state index contributed by atoms with van der Waals surface area (Å²) in [6.45, 7) is 0. The molecule has 0 unspecified atom stereocenters. The first-order chi connectivity index (χ1) is 11.6. The van der Waals surface area contributed by atoms with Crippen LogP contribution in [0.3, 0.4) is 0 Å². The van der Waals surface area contributed by atoms with Crippen molar-refractivity contribution in [1.29, 1.82) is 10.5 Å². The molecule has 1 aliphatic carbocycles. The average molecular weight is 321 g/mol. The van der Waals surface area contributed by atoms with Crippen LogP contribution in [-0.2, 0) is 0 Å². The van der Waals surface area contributed by atoms with Crippen LogP contribution in [0.1, 0.15) is 29.0 Å². The Labute approximate surface area is 139 Å². The highest BCUT2D eigenvalue weighted by Crippen LogP contribution is 2.27. The summed E-state index contributed by atoms with van der Waals surface area (Å²) in [6.07, 6.45) is 3.39. The molecule has 3 rings (SSSR count). The van der Waals surface area contributed by atoms with Gasteiger partial charge < -0.3 is 14.7 Å². The highest BCUT2D eigenvalue weighted by atomic mass is 16.5. The molecular weight excluding hydrogens is 306 g/mol. The van der Waals surface area contributed by atoms with E-state index in [1.54, 1.807) is 42.3 Å². The van der Waals surface area contributed by atoms with Gasteiger partial charge >= 0.3 is 0 Å². The Bertz CT molecular complexity index is 839. The van der Waals surface area contributed by atoms with Crippen molar-refractivity contribution in [3.8, 4) is 23.5 Å². The van der Waals surface area contributed by atoms with Gasteiger partial charge in [0.2, 0.25) is 5.76 Å². The number of rotatable bonds is 4. The second-order valence-electron chi connectivity index (χ2n) is 5.76. The number of nitriles is 2. The molecule has 2 aromatic rings. The van der Waals surface area contributed by atoms with Gasteiger partial charge in [-0.25, -0.2) is 0 Å². The lowest BCUT2D eigenvalue weighted by atomic mass is 9.86. The van der Waals surface area contributed by atoms with Crippen LogP contribution in [0.15, 0.2) is 34.9 Å². The average Bonchev–Trinajstić information content (AvgIpc) is 3.06. The third kappa shape index (κ3) is 2.92. The summed E-state index contributed by atoms with van der Waals surface area (Å²) in [7, 11) is 1.72. The van der Waals surface area contributed by atoms with Crippen LogP contribution in [-0.4, -0.2) is 35.1 Å². The molecular formula is C17H15N5O2. The number of nitrogens with one attached hydrogen (secondary N) is 1. The van der Waals surface area contributed by atoms with Gasteiger partial charge in [0.15, 0.2) is 6.19 Å². The summed E-state index contributed by atoms with van der Waals surface area (Å²) < 4.78 is 5.18. The fraction of sp³-hybridized carbons (Fsp3) is 0.294. The number of benzene rings is 1. The summed E-state index contributed by atoms with van der Waals surface area (Å²) in [4.78, 5) is 14.1. The molecule has 0 radical (unpaired) electrons. The Balaban J connectivity index is 1.70. The molecule has 7 heteroatoms. The predicted octanol–water partition coefficient (Wildman–Crippen LogP) is 1.89. The van der Waals surface area contributed by atoms with E-state index in [1.807, 2.05) is 6.19 Å². The molecule has 0 aliphatic heterocycles. The van der Waals surface area contributed by atoms with E-state index in [1.165, 1.54) is 0 Å². The second kappa shape index (κ2) is 6.43. The minimum absolute atomic E-state index is 0.0822. The van der Waals surface area contributed by atoms with Gasteiger partial charge in [0.05, 0.1) is 11.6 Å². The summed E-state index contributed by atoms with van der Waals surface area (Å²) in [5.41, 5.74) is 1.76. The van der Waals surface area contributed by atoms with Gasteiger partial charge in [0.25, 0.3) is 5.91 Å². The van der Waals surface area contributed by atoms with E-state index in [4.69, 9.17) is 15.0 Å². The Hall–Kier alpha value is -3.32. The molecule has 1 amide bonds. The molecule has 24 heavy (non-hydrogen) atoms. The molecule has 0 atom stereocenters. The number of amides is 1. The minimum Gasteiger partial charge on any atom is -0.350 e. The lowest BCUT2D eigenvalue weighted by Crippen LogP contribution is -2.51. The van der Waals surface area contributed by atoms with Crippen molar-refractivity contribution >= 4 is 5.91 Å². The van der Waals surface area contributed by atoms with Gasteiger partial charge in [-0.05, 0) is 25.0 Å². The molecule has 0 saturated heterocycles. The molecule has 7 nitrogen and oxygen atoms in total. The zero-order valence-electron chi connectivity index (χ0n) is 13.1.